The number of ether oxygens (including phenoxy) is 3. The van der Waals surface area contributed by atoms with Gasteiger partial charge in [0.1, 0.15) is 0 Å². The summed E-state index contributed by atoms with van der Waals surface area (Å²) in [5.74, 6) is 1.03. The second kappa shape index (κ2) is 9.75. The molecule has 0 atom stereocenters. The van der Waals surface area contributed by atoms with Crippen LogP contribution in [0.25, 0.3) is 0 Å². The standard InChI is InChI=1S/C21H25N3O4/c1-23(18-6-4-3-5-7-18)22-15-17-8-9-19(20(14-17)26-2)28-16-21(25)24-10-12-27-13-11-24/h3-9,14-15H,10-13,16H2,1-2H3/b22-15+. The molecule has 3 rings (SSSR count). The molecule has 0 saturated carbocycles. The van der Waals surface area contributed by atoms with Crippen LogP contribution in [0.5, 0.6) is 11.5 Å². The van der Waals surface area contributed by atoms with Crippen LogP contribution < -0.4 is 14.5 Å². The Labute approximate surface area is 165 Å². The molecule has 1 saturated heterocycles. The van der Waals surface area contributed by atoms with Gasteiger partial charge in [0.25, 0.3) is 5.91 Å². The van der Waals surface area contributed by atoms with Gasteiger partial charge in [-0.15, -0.1) is 0 Å². The monoisotopic (exact) mass is 383 g/mol. The SMILES string of the molecule is COc1cc(/C=N/N(C)c2ccccc2)ccc1OCC(=O)N1CCOCC1. The molecule has 1 heterocycles. The molecule has 0 radical (unpaired) electrons. The van der Waals surface area contributed by atoms with E-state index in [2.05, 4.69) is 5.10 Å². The van der Waals surface area contributed by atoms with E-state index < -0.39 is 0 Å². The summed E-state index contributed by atoms with van der Waals surface area (Å²) in [6.07, 6.45) is 1.75. The number of carbonyl (C=O) groups is 1. The molecule has 7 nitrogen and oxygen atoms in total. The summed E-state index contributed by atoms with van der Waals surface area (Å²) in [4.78, 5) is 14.0. The Morgan fingerprint density at radius 2 is 1.93 bits per heavy atom. The van der Waals surface area contributed by atoms with Crippen molar-refractivity contribution in [3.8, 4) is 11.5 Å². The first kappa shape index (κ1) is 19.7. The minimum atomic E-state index is -0.0551. The van der Waals surface area contributed by atoms with Crippen molar-refractivity contribution in [2.24, 2.45) is 5.10 Å². The average molecular weight is 383 g/mol. The van der Waals surface area contributed by atoms with Crippen molar-refractivity contribution >= 4 is 17.8 Å². The third-order valence-electron chi connectivity index (χ3n) is 4.41. The Hall–Kier alpha value is -3.06. The minimum absolute atomic E-state index is 0.0272. The number of para-hydroxylation sites is 1. The Bertz CT molecular complexity index is 805. The van der Waals surface area contributed by atoms with E-state index in [0.29, 0.717) is 37.8 Å². The highest BCUT2D eigenvalue weighted by Crippen LogP contribution is 2.27. The number of hydrogen-bond acceptors (Lipinski definition) is 6. The van der Waals surface area contributed by atoms with E-state index in [-0.39, 0.29) is 12.5 Å². The molecule has 2 aromatic carbocycles. The van der Waals surface area contributed by atoms with Gasteiger partial charge in [0.05, 0.1) is 32.2 Å². The largest absolute Gasteiger partial charge is 0.493 e. The highest BCUT2D eigenvalue weighted by Gasteiger charge is 2.18. The molecule has 1 fully saturated rings. The van der Waals surface area contributed by atoms with E-state index in [4.69, 9.17) is 14.2 Å². The van der Waals surface area contributed by atoms with Gasteiger partial charge in [-0.2, -0.15) is 5.10 Å². The lowest BCUT2D eigenvalue weighted by molar-refractivity contribution is -0.137. The van der Waals surface area contributed by atoms with Gasteiger partial charge >= 0.3 is 0 Å². The number of amides is 1. The topological polar surface area (TPSA) is 63.6 Å². The van der Waals surface area contributed by atoms with E-state index in [9.17, 15) is 4.79 Å². The third kappa shape index (κ3) is 5.23. The average Bonchev–Trinajstić information content (AvgIpc) is 2.77. The Balaban J connectivity index is 1.61. The van der Waals surface area contributed by atoms with Crippen LogP contribution in [0.15, 0.2) is 53.6 Å². The molecule has 0 bridgehead atoms. The number of anilines is 1. The quantitative estimate of drug-likeness (QED) is 0.543. The van der Waals surface area contributed by atoms with Crippen molar-refractivity contribution in [3.63, 3.8) is 0 Å². The Morgan fingerprint density at radius 3 is 2.64 bits per heavy atom. The maximum Gasteiger partial charge on any atom is 0.260 e. The fourth-order valence-corrected chi connectivity index (χ4v) is 2.79. The first-order valence-electron chi connectivity index (χ1n) is 9.16. The summed E-state index contributed by atoms with van der Waals surface area (Å²) >= 11 is 0. The van der Waals surface area contributed by atoms with E-state index in [1.807, 2.05) is 49.5 Å². The molecule has 28 heavy (non-hydrogen) atoms. The maximum atomic E-state index is 12.2. The number of hydrogen-bond donors (Lipinski definition) is 0. The maximum absolute atomic E-state index is 12.2. The fourth-order valence-electron chi connectivity index (χ4n) is 2.79. The normalized spacial score (nSPS) is 14.1. The van der Waals surface area contributed by atoms with Gasteiger partial charge in [-0.25, -0.2) is 0 Å². The van der Waals surface area contributed by atoms with E-state index in [1.54, 1.807) is 29.3 Å². The molecular weight excluding hydrogens is 358 g/mol. The van der Waals surface area contributed by atoms with E-state index >= 15 is 0 Å². The van der Waals surface area contributed by atoms with Crippen molar-refractivity contribution in [3.05, 3.63) is 54.1 Å². The lowest BCUT2D eigenvalue weighted by atomic mass is 10.2. The molecule has 1 aliphatic rings. The predicted molar refractivity (Wildman–Crippen MR) is 108 cm³/mol. The summed E-state index contributed by atoms with van der Waals surface area (Å²) in [5, 5.41) is 6.23. The summed E-state index contributed by atoms with van der Waals surface area (Å²) in [5.41, 5.74) is 1.86. The van der Waals surface area contributed by atoms with Crippen LogP contribution in [0.4, 0.5) is 5.69 Å². The van der Waals surface area contributed by atoms with Crippen molar-refractivity contribution in [2.75, 3.05) is 52.1 Å². The van der Waals surface area contributed by atoms with Crippen LogP contribution in [-0.2, 0) is 9.53 Å². The van der Waals surface area contributed by atoms with Crippen molar-refractivity contribution in [1.29, 1.82) is 0 Å². The zero-order valence-electron chi connectivity index (χ0n) is 16.2. The lowest BCUT2D eigenvalue weighted by Gasteiger charge is -2.26. The van der Waals surface area contributed by atoms with Gasteiger partial charge in [0.2, 0.25) is 0 Å². The number of carbonyl (C=O) groups excluding carboxylic acids is 1. The smallest absolute Gasteiger partial charge is 0.260 e. The van der Waals surface area contributed by atoms with Gasteiger partial charge < -0.3 is 19.1 Å². The molecule has 2 aromatic rings. The molecule has 148 valence electrons. The molecule has 0 spiro atoms. The van der Waals surface area contributed by atoms with Gasteiger partial charge in [0, 0.05) is 20.1 Å². The first-order chi connectivity index (χ1) is 13.7. The predicted octanol–water partition coefficient (Wildman–Crippen LogP) is 2.40. The lowest BCUT2D eigenvalue weighted by Crippen LogP contribution is -2.43. The molecule has 7 heteroatoms. The second-order valence-electron chi connectivity index (χ2n) is 6.30. The van der Waals surface area contributed by atoms with Crippen LogP contribution >= 0.6 is 0 Å². The molecule has 1 aliphatic heterocycles. The van der Waals surface area contributed by atoms with Crippen molar-refractivity contribution in [1.82, 2.24) is 4.90 Å². The van der Waals surface area contributed by atoms with Crippen LogP contribution in [-0.4, -0.2) is 64.1 Å². The summed E-state index contributed by atoms with van der Waals surface area (Å²) in [6, 6.07) is 15.4. The molecule has 0 aromatic heterocycles. The van der Waals surface area contributed by atoms with Crippen LogP contribution in [0.1, 0.15) is 5.56 Å². The molecule has 1 amide bonds. The number of nitrogens with zero attached hydrogens (tertiary/aromatic N) is 3. The zero-order valence-corrected chi connectivity index (χ0v) is 16.2. The number of morpholine rings is 1. The molecule has 0 unspecified atom stereocenters. The van der Waals surface area contributed by atoms with Gasteiger partial charge in [-0.05, 0) is 35.9 Å². The van der Waals surface area contributed by atoms with E-state index in [1.165, 1.54) is 0 Å². The second-order valence-corrected chi connectivity index (χ2v) is 6.30. The van der Waals surface area contributed by atoms with Crippen LogP contribution in [0, 0.1) is 0 Å². The number of methoxy groups -OCH3 is 1. The highest BCUT2D eigenvalue weighted by molar-refractivity contribution is 5.82. The number of hydrazone groups is 1. The third-order valence-corrected chi connectivity index (χ3v) is 4.41. The fraction of sp³-hybridized carbons (Fsp3) is 0.333. The van der Waals surface area contributed by atoms with Gasteiger partial charge in [-0.1, -0.05) is 18.2 Å². The summed E-state index contributed by atoms with van der Waals surface area (Å²) < 4.78 is 16.4. The number of rotatable bonds is 7. The highest BCUT2D eigenvalue weighted by atomic mass is 16.5. The van der Waals surface area contributed by atoms with E-state index in [0.717, 1.165) is 11.3 Å². The minimum Gasteiger partial charge on any atom is -0.493 e. The van der Waals surface area contributed by atoms with Gasteiger partial charge in [0.15, 0.2) is 18.1 Å². The van der Waals surface area contributed by atoms with Crippen molar-refractivity contribution in [2.45, 2.75) is 0 Å². The summed E-state index contributed by atoms with van der Waals surface area (Å²) in [6.45, 7) is 2.31. The van der Waals surface area contributed by atoms with Crippen LogP contribution in [0.3, 0.4) is 0 Å². The molecule has 0 N–H and O–H groups in total. The van der Waals surface area contributed by atoms with Gasteiger partial charge in [-0.3, -0.25) is 9.80 Å². The Morgan fingerprint density at radius 1 is 1.18 bits per heavy atom. The number of benzene rings is 2. The Kier molecular flexibility index (Phi) is 6.86. The molecular formula is C21H25N3O4. The first-order valence-corrected chi connectivity index (χ1v) is 9.16. The molecule has 0 aliphatic carbocycles. The zero-order chi connectivity index (χ0) is 19.8. The summed E-state index contributed by atoms with van der Waals surface area (Å²) in [7, 11) is 3.46. The van der Waals surface area contributed by atoms with Crippen molar-refractivity contribution < 1.29 is 19.0 Å². The van der Waals surface area contributed by atoms with Crippen LogP contribution in [0.2, 0.25) is 0 Å².